The van der Waals surface area contributed by atoms with Gasteiger partial charge in [0.1, 0.15) is 0 Å². The van der Waals surface area contributed by atoms with Gasteiger partial charge in [0, 0.05) is 5.57 Å². The van der Waals surface area contributed by atoms with Gasteiger partial charge in [0.25, 0.3) is 0 Å². The van der Waals surface area contributed by atoms with E-state index in [1.165, 1.54) is 6.92 Å². The lowest BCUT2D eigenvalue weighted by Gasteiger charge is -2.14. The summed E-state index contributed by atoms with van der Waals surface area (Å²) >= 11 is 0. The summed E-state index contributed by atoms with van der Waals surface area (Å²) in [7, 11) is 0. The number of benzene rings is 1. The van der Waals surface area contributed by atoms with Gasteiger partial charge in [0.05, 0.1) is 6.42 Å². The van der Waals surface area contributed by atoms with E-state index in [1.807, 2.05) is 30.3 Å². The molecule has 22 heavy (non-hydrogen) atoms. The van der Waals surface area contributed by atoms with E-state index in [0.29, 0.717) is 6.42 Å². The summed E-state index contributed by atoms with van der Waals surface area (Å²) in [6, 6.07) is 9.40. The zero-order chi connectivity index (χ0) is 16.5. The lowest BCUT2D eigenvalue weighted by Crippen LogP contribution is -2.30. The Morgan fingerprint density at radius 2 is 1.82 bits per heavy atom. The van der Waals surface area contributed by atoms with Gasteiger partial charge in [-0.25, -0.2) is 9.59 Å². The van der Waals surface area contributed by atoms with E-state index >= 15 is 0 Å². The molecule has 0 saturated carbocycles. The van der Waals surface area contributed by atoms with E-state index in [-0.39, 0.29) is 18.4 Å². The van der Waals surface area contributed by atoms with Crippen LogP contribution in [0.5, 0.6) is 0 Å². The number of hydrogen-bond acceptors (Lipinski definition) is 5. The summed E-state index contributed by atoms with van der Waals surface area (Å²) in [6.45, 7) is 6.57. The molecule has 0 N–H and O–H groups in total. The summed E-state index contributed by atoms with van der Waals surface area (Å²) < 4.78 is 9.64. The van der Waals surface area contributed by atoms with Gasteiger partial charge < -0.3 is 9.47 Å². The third kappa shape index (κ3) is 5.91. The topological polar surface area (TPSA) is 69.7 Å². The van der Waals surface area contributed by atoms with Crippen molar-refractivity contribution in [2.45, 2.75) is 39.2 Å². The number of ether oxygens (including phenoxy) is 2. The van der Waals surface area contributed by atoms with E-state index in [9.17, 15) is 14.4 Å². The van der Waals surface area contributed by atoms with Crippen molar-refractivity contribution < 1.29 is 23.9 Å². The van der Waals surface area contributed by atoms with Gasteiger partial charge in [-0.1, -0.05) is 43.8 Å². The highest BCUT2D eigenvalue weighted by Crippen LogP contribution is 2.08. The maximum absolute atomic E-state index is 11.8. The quantitative estimate of drug-likeness (QED) is 0.440. The van der Waals surface area contributed by atoms with Crippen molar-refractivity contribution in [3.8, 4) is 0 Å². The Labute approximate surface area is 129 Å². The van der Waals surface area contributed by atoms with Gasteiger partial charge in [0.2, 0.25) is 0 Å². The highest BCUT2D eigenvalue weighted by molar-refractivity contribution is 5.92. The molecule has 0 saturated heterocycles. The van der Waals surface area contributed by atoms with Gasteiger partial charge in [0.15, 0.2) is 6.10 Å². The van der Waals surface area contributed by atoms with Crippen molar-refractivity contribution in [2.75, 3.05) is 0 Å². The van der Waals surface area contributed by atoms with Crippen molar-refractivity contribution in [3.63, 3.8) is 0 Å². The molecule has 5 heteroatoms. The van der Waals surface area contributed by atoms with Crippen LogP contribution in [0.15, 0.2) is 42.5 Å². The molecule has 5 nitrogen and oxygen atoms in total. The van der Waals surface area contributed by atoms with E-state index in [4.69, 9.17) is 9.47 Å². The molecule has 1 rings (SSSR count). The van der Waals surface area contributed by atoms with Crippen LogP contribution in [0.4, 0.5) is 0 Å². The molecule has 0 spiro atoms. The summed E-state index contributed by atoms with van der Waals surface area (Å²) in [5.74, 6) is -2.17. The van der Waals surface area contributed by atoms with Crippen molar-refractivity contribution in [3.05, 3.63) is 48.0 Å². The molecular formula is C17H20O5. The predicted molar refractivity (Wildman–Crippen MR) is 80.8 cm³/mol. The van der Waals surface area contributed by atoms with Crippen molar-refractivity contribution in [1.82, 2.24) is 0 Å². The molecule has 1 unspecified atom stereocenters. The van der Waals surface area contributed by atoms with Gasteiger partial charge in [-0.05, 0) is 25.3 Å². The van der Waals surface area contributed by atoms with Crippen molar-refractivity contribution in [1.29, 1.82) is 0 Å². The maximum atomic E-state index is 11.8. The minimum absolute atomic E-state index is 0.0839. The molecule has 1 aromatic carbocycles. The molecule has 1 atom stereocenters. The van der Waals surface area contributed by atoms with Gasteiger partial charge in [-0.15, -0.1) is 0 Å². The third-order valence-electron chi connectivity index (χ3n) is 2.91. The Kier molecular flexibility index (Phi) is 7.02. The molecule has 0 aliphatic carbocycles. The zero-order valence-electron chi connectivity index (χ0n) is 12.8. The van der Waals surface area contributed by atoms with Crippen molar-refractivity contribution in [2.24, 2.45) is 0 Å². The Balaban J connectivity index is 2.46. The van der Waals surface area contributed by atoms with Crippen molar-refractivity contribution >= 4 is 17.9 Å². The SMILES string of the molecule is C=C(C)C(=O)OC(CC)C(=O)OC(=O)CCc1ccccc1. The van der Waals surface area contributed by atoms with E-state index in [1.54, 1.807) is 6.92 Å². The zero-order valence-corrected chi connectivity index (χ0v) is 12.8. The summed E-state index contributed by atoms with van der Waals surface area (Å²) in [5, 5.41) is 0. The average Bonchev–Trinajstić information content (AvgIpc) is 2.51. The highest BCUT2D eigenvalue weighted by atomic mass is 16.6. The molecular weight excluding hydrogens is 284 g/mol. The minimum Gasteiger partial charge on any atom is -0.447 e. The Bertz CT molecular complexity index is 547. The first kappa shape index (κ1) is 17.6. The molecule has 1 aromatic rings. The molecule has 0 bridgehead atoms. The molecule has 0 radical (unpaired) electrons. The molecule has 0 aliphatic heterocycles. The predicted octanol–water partition coefficient (Wildman–Crippen LogP) is 2.59. The summed E-state index contributed by atoms with van der Waals surface area (Å²) in [6.07, 6.45) is -0.301. The lowest BCUT2D eigenvalue weighted by atomic mass is 10.1. The molecule has 118 valence electrons. The van der Waals surface area contributed by atoms with Gasteiger partial charge in [-0.3, -0.25) is 4.79 Å². The monoisotopic (exact) mass is 304 g/mol. The Hall–Kier alpha value is -2.43. The number of aryl methyl sites for hydroxylation is 1. The minimum atomic E-state index is -1.09. The van der Waals surface area contributed by atoms with E-state index in [0.717, 1.165) is 5.56 Å². The van der Waals surface area contributed by atoms with E-state index in [2.05, 4.69) is 6.58 Å². The fourth-order valence-electron chi connectivity index (χ4n) is 1.65. The maximum Gasteiger partial charge on any atom is 0.355 e. The van der Waals surface area contributed by atoms with Gasteiger partial charge in [-0.2, -0.15) is 0 Å². The first-order chi connectivity index (χ1) is 10.4. The molecule has 0 heterocycles. The first-order valence-corrected chi connectivity index (χ1v) is 7.09. The van der Waals surface area contributed by atoms with Crippen LogP contribution in [-0.2, 0) is 30.3 Å². The fraction of sp³-hybridized carbons (Fsp3) is 0.353. The number of rotatable bonds is 7. The highest BCUT2D eigenvalue weighted by Gasteiger charge is 2.25. The number of carbonyl (C=O) groups is 3. The van der Waals surface area contributed by atoms with Crippen LogP contribution in [0.1, 0.15) is 32.3 Å². The molecule has 0 aromatic heterocycles. The third-order valence-corrected chi connectivity index (χ3v) is 2.91. The van der Waals surface area contributed by atoms with Crippen LogP contribution in [0.25, 0.3) is 0 Å². The molecule has 0 aliphatic rings. The largest absolute Gasteiger partial charge is 0.447 e. The smallest absolute Gasteiger partial charge is 0.355 e. The number of carbonyl (C=O) groups excluding carboxylic acids is 3. The van der Waals surface area contributed by atoms with Crippen LogP contribution >= 0.6 is 0 Å². The van der Waals surface area contributed by atoms with Crippen LogP contribution in [0.3, 0.4) is 0 Å². The van der Waals surface area contributed by atoms with Crippen LogP contribution in [0.2, 0.25) is 0 Å². The van der Waals surface area contributed by atoms with Crippen LogP contribution in [0, 0.1) is 0 Å². The number of hydrogen-bond donors (Lipinski definition) is 0. The number of esters is 3. The van der Waals surface area contributed by atoms with Crippen LogP contribution < -0.4 is 0 Å². The lowest BCUT2D eigenvalue weighted by molar-refractivity contribution is -0.172. The Morgan fingerprint density at radius 1 is 1.18 bits per heavy atom. The second-order valence-electron chi connectivity index (χ2n) is 4.86. The normalized spacial score (nSPS) is 11.4. The summed E-state index contributed by atoms with van der Waals surface area (Å²) in [5.41, 5.74) is 1.16. The summed E-state index contributed by atoms with van der Waals surface area (Å²) in [4.78, 5) is 34.9. The second-order valence-corrected chi connectivity index (χ2v) is 4.86. The van der Waals surface area contributed by atoms with Crippen LogP contribution in [-0.4, -0.2) is 24.0 Å². The molecule has 0 fully saturated rings. The standard InChI is InChI=1S/C17H20O5/c1-4-14(21-16(19)12(2)3)17(20)22-15(18)11-10-13-8-6-5-7-9-13/h5-9,14H,2,4,10-11H2,1,3H3. The second kappa shape index (κ2) is 8.77. The Morgan fingerprint density at radius 3 is 2.36 bits per heavy atom. The van der Waals surface area contributed by atoms with Gasteiger partial charge >= 0.3 is 17.9 Å². The first-order valence-electron chi connectivity index (χ1n) is 7.09. The average molecular weight is 304 g/mol. The van der Waals surface area contributed by atoms with E-state index < -0.39 is 24.0 Å². The fourth-order valence-corrected chi connectivity index (χ4v) is 1.65. The molecule has 0 amide bonds.